The summed E-state index contributed by atoms with van der Waals surface area (Å²) >= 11 is 0. The van der Waals surface area contributed by atoms with E-state index in [4.69, 9.17) is 4.42 Å². The number of fused-ring (bicyclic) bond motifs is 1. The van der Waals surface area contributed by atoms with Gasteiger partial charge in [-0.05, 0) is 18.4 Å². The molecular weight excluding hydrogens is 388 g/mol. The highest BCUT2D eigenvalue weighted by Crippen LogP contribution is 2.42. The van der Waals surface area contributed by atoms with Crippen LogP contribution in [0.4, 0.5) is 5.82 Å². The van der Waals surface area contributed by atoms with E-state index < -0.39 is 0 Å². The van der Waals surface area contributed by atoms with Gasteiger partial charge in [0.15, 0.2) is 0 Å². The Hall–Kier alpha value is -3.22. The zero-order valence-corrected chi connectivity index (χ0v) is 17.4. The van der Waals surface area contributed by atoms with Crippen LogP contribution in [0.2, 0.25) is 0 Å². The molecular formula is C25H26N4O2. The number of benzene rings is 2. The smallest absolute Gasteiger partial charge is 0.232 e. The minimum absolute atomic E-state index is 0.151. The number of hydrogen-bond donors (Lipinski definition) is 2. The number of aliphatic hydroxyl groups excluding tert-OH is 1. The fourth-order valence-electron chi connectivity index (χ4n) is 4.22. The van der Waals surface area contributed by atoms with E-state index in [9.17, 15) is 5.11 Å². The normalized spacial score (nSPS) is 15.4. The van der Waals surface area contributed by atoms with E-state index in [1.165, 1.54) is 0 Å². The zero-order chi connectivity index (χ0) is 21.0. The van der Waals surface area contributed by atoms with Gasteiger partial charge in [-0.15, -0.1) is 0 Å². The molecule has 4 aromatic rings. The molecule has 0 amide bonds. The quantitative estimate of drug-likeness (QED) is 0.486. The molecule has 31 heavy (non-hydrogen) atoms. The number of aliphatic hydroxyl groups is 1. The van der Waals surface area contributed by atoms with Crippen LogP contribution in [0.5, 0.6) is 0 Å². The van der Waals surface area contributed by atoms with Gasteiger partial charge in [-0.3, -0.25) is 0 Å². The van der Waals surface area contributed by atoms with Crippen LogP contribution in [0.1, 0.15) is 12.8 Å². The summed E-state index contributed by atoms with van der Waals surface area (Å²) in [7, 11) is 0. The van der Waals surface area contributed by atoms with E-state index >= 15 is 0 Å². The fourth-order valence-corrected chi connectivity index (χ4v) is 4.22. The first-order valence-electron chi connectivity index (χ1n) is 10.8. The maximum absolute atomic E-state index is 9.71. The standard InChI is InChI=1S/C25H26N4O2/c30-20-11-14-29(15-12-20)16-13-26-24-22-21(18-7-3-1-4-8-18)23(19-9-5-2-6-10-19)31-25(22)28-17-27-24/h1-10,17,20,30H,11-16H2,(H,26,27,28). The Bertz CT molecular complexity index is 1140. The van der Waals surface area contributed by atoms with Crippen LogP contribution in [-0.2, 0) is 0 Å². The van der Waals surface area contributed by atoms with Gasteiger partial charge in [0.1, 0.15) is 17.9 Å². The number of aromatic nitrogens is 2. The molecule has 2 aromatic carbocycles. The Kier molecular flexibility index (Phi) is 5.65. The fraction of sp³-hybridized carbons (Fsp3) is 0.280. The average molecular weight is 415 g/mol. The van der Waals surface area contributed by atoms with E-state index in [1.807, 2.05) is 36.4 Å². The van der Waals surface area contributed by atoms with Crippen molar-refractivity contribution in [2.75, 3.05) is 31.5 Å². The molecule has 5 rings (SSSR count). The summed E-state index contributed by atoms with van der Waals surface area (Å²) in [5, 5.41) is 14.1. The number of likely N-dealkylation sites (tertiary alicyclic amines) is 1. The maximum Gasteiger partial charge on any atom is 0.232 e. The lowest BCUT2D eigenvalue weighted by Crippen LogP contribution is -2.38. The highest BCUT2D eigenvalue weighted by molar-refractivity contribution is 6.05. The van der Waals surface area contributed by atoms with Gasteiger partial charge in [0, 0.05) is 37.3 Å². The number of nitrogens with one attached hydrogen (secondary N) is 1. The van der Waals surface area contributed by atoms with Crippen molar-refractivity contribution in [3.63, 3.8) is 0 Å². The van der Waals surface area contributed by atoms with Crippen molar-refractivity contribution in [2.24, 2.45) is 0 Å². The largest absolute Gasteiger partial charge is 0.437 e. The Labute approximate surface area is 181 Å². The van der Waals surface area contributed by atoms with Crippen LogP contribution >= 0.6 is 0 Å². The molecule has 0 saturated carbocycles. The third-order valence-electron chi connectivity index (χ3n) is 5.86. The highest BCUT2D eigenvalue weighted by Gasteiger charge is 2.22. The lowest BCUT2D eigenvalue weighted by molar-refractivity contribution is 0.0845. The molecule has 6 heteroatoms. The number of anilines is 1. The van der Waals surface area contributed by atoms with Crippen molar-refractivity contribution in [1.82, 2.24) is 14.9 Å². The average Bonchev–Trinajstić information content (AvgIpc) is 3.22. The molecule has 1 aliphatic heterocycles. The minimum atomic E-state index is -0.151. The lowest BCUT2D eigenvalue weighted by Gasteiger charge is -2.29. The number of furan rings is 1. The number of hydrogen-bond acceptors (Lipinski definition) is 6. The van der Waals surface area contributed by atoms with Gasteiger partial charge in [-0.2, -0.15) is 0 Å². The van der Waals surface area contributed by atoms with Crippen molar-refractivity contribution >= 4 is 16.9 Å². The van der Waals surface area contributed by atoms with Gasteiger partial charge in [-0.1, -0.05) is 60.7 Å². The predicted octanol–water partition coefficient (Wildman–Crippen LogP) is 4.43. The minimum Gasteiger partial charge on any atom is -0.437 e. The van der Waals surface area contributed by atoms with Gasteiger partial charge in [0.25, 0.3) is 0 Å². The lowest BCUT2D eigenvalue weighted by atomic mass is 9.99. The Balaban J connectivity index is 1.50. The van der Waals surface area contributed by atoms with E-state index in [-0.39, 0.29) is 6.10 Å². The molecule has 2 N–H and O–H groups in total. The molecule has 2 aromatic heterocycles. The molecule has 0 aliphatic carbocycles. The van der Waals surface area contributed by atoms with Gasteiger partial charge < -0.3 is 19.7 Å². The molecule has 0 unspecified atom stereocenters. The molecule has 0 bridgehead atoms. The molecule has 0 spiro atoms. The molecule has 1 aliphatic rings. The summed E-state index contributed by atoms with van der Waals surface area (Å²) < 4.78 is 6.26. The highest BCUT2D eigenvalue weighted by atomic mass is 16.3. The Morgan fingerprint density at radius 2 is 1.61 bits per heavy atom. The number of rotatable bonds is 6. The second kappa shape index (κ2) is 8.88. The third kappa shape index (κ3) is 4.17. The maximum atomic E-state index is 9.71. The topological polar surface area (TPSA) is 74.4 Å². The SMILES string of the molecule is OC1CCN(CCNc2ncnc3oc(-c4ccccc4)c(-c4ccccc4)c23)CC1. The summed E-state index contributed by atoms with van der Waals surface area (Å²) in [4.78, 5) is 11.4. The molecule has 1 fully saturated rings. The van der Waals surface area contributed by atoms with Crippen LogP contribution in [0.25, 0.3) is 33.6 Å². The Morgan fingerprint density at radius 1 is 0.935 bits per heavy atom. The zero-order valence-electron chi connectivity index (χ0n) is 17.4. The van der Waals surface area contributed by atoms with Crippen LogP contribution in [0.3, 0.4) is 0 Å². The van der Waals surface area contributed by atoms with E-state index in [0.717, 1.165) is 72.7 Å². The van der Waals surface area contributed by atoms with E-state index in [1.54, 1.807) is 6.33 Å². The van der Waals surface area contributed by atoms with Crippen molar-refractivity contribution < 1.29 is 9.52 Å². The molecule has 158 valence electrons. The van der Waals surface area contributed by atoms with Crippen LogP contribution in [-0.4, -0.2) is 52.3 Å². The van der Waals surface area contributed by atoms with E-state index in [0.29, 0.717) is 5.71 Å². The van der Waals surface area contributed by atoms with Gasteiger partial charge in [0.05, 0.1) is 11.5 Å². The Morgan fingerprint density at radius 3 is 2.32 bits per heavy atom. The summed E-state index contributed by atoms with van der Waals surface area (Å²) in [5.74, 6) is 1.59. The monoisotopic (exact) mass is 414 g/mol. The van der Waals surface area contributed by atoms with Gasteiger partial charge in [0.2, 0.25) is 5.71 Å². The number of piperidine rings is 1. The first kappa shape index (κ1) is 19.7. The van der Waals surface area contributed by atoms with Crippen molar-refractivity contribution in [1.29, 1.82) is 0 Å². The molecule has 0 radical (unpaired) electrons. The first-order valence-corrected chi connectivity index (χ1v) is 10.8. The summed E-state index contributed by atoms with van der Waals surface area (Å²) in [5.41, 5.74) is 3.67. The van der Waals surface area contributed by atoms with Gasteiger partial charge in [-0.25, -0.2) is 9.97 Å². The molecule has 0 atom stereocenters. The second-order valence-electron chi connectivity index (χ2n) is 7.94. The molecule has 3 heterocycles. The predicted molar refractivity (Wildman–Crippen MR) is 123 cm³/mol. The molecule has 6 nitrogen and oxygen atoms in total. The summed E-state index contributed by atoms with van der Waals surface area (Å²) in [6.07, 6.45) is 3.09. The van der Waals surface area contributed by atoms with Crippen molar-refractivity contribution in [2.45, 2.75) is 18.9 Å². The molecule has 1 saturated heterocycles. The van der Waals surface area contributed by atoms with Crippen LogP contribution in [0.15, 0.2) is 71.4 Å². The number of nitrogens with zero attached hydrogens (tertiary/aromatic N) is 3. The third-order valence-corrected chi connectivity index (χ3v) is 5.86. The van der Waals surface area contributed by atoms with Crippen molar-refractivity contribution in [3.05, 3.63) is 67.0 Å². The summed E-state index contributed by atoms with van der Waals surface area (Å²) in [6, 6.07) is 20.4. The van der Waals surface area contributed by atoms with Crippen LogP contribution in [0, 0.1) is 0 Å². The van der Waals surface area contributed by atoms with Crippen molar-refractivity contribution in [3.8, 4) is 22.5 Å². The van der Waals surface area contributed by atoms with E-state index in [2.05, 4.69) is 44.5 Å². The second-order valence-corrected chi connectivity index (χ2v) is 7.94. The van der Waals surface area contributed by atoms with Crippen LogP contribution < -0.4 is 5.32 Å². The van der Waals surface area contributed by atoms with Gasteiger partial charge >= 0.3 is 0 Å². The summed E-state index contributed by atoms with van der Waals surface area (Å²) in [6.45, 7) is 3.53. The first-order chi connectivity index (χ1) is 15.3.